The Bertz CT molecular complexity index is 406. The van der Waals surface area contributed by atoms with Crippen LogP contribution in [-0.4, -0.2) is 23.2 Å². The highest BCUT2D eigenvalue weighted by Crippen LogP contribution is 2.40. The van der Waals surface area contributed by atoms with Crippen LogP contribution >= 0.6 is 15.9 Å². The number of hydrogen-bond acceptors (Lipinski definition) is 3. The number of hydrogen-bond donors (Lipinski definition) is 1. The first-order valence-electron chi connectivity index (χ1n) is 5.13. The Morgan fingerprint density at radius 2 is 1.88 bits per heavy atom. The maximum Gasteiger partial charge on any atom is 0.330 e. The highest BCUT2D eigenvalue weighted by Gasteiger charge is 2.36. The molecule has 1 aromatic carbocycles. The Balaban J connectivity index is 2.29. The molecule has 17 heavy (non-hydrogen) atoms. The number of alkyl halides is 3. The van der Waals surface area contributed by atoms with E-state index in [1.165, 1.54) is 18.2 Å². The third-order valence-corrected chi connectivity index (χ3v) is 2.83. The summed E-state index contributed by atoms with van der Waals surface area (Å²) in [6, 6.07) is 4.30. The summed E-state index contributed by atoms with van der Waals surface area (Å²) in [7, 11) is 0. The first-order chi connectivity index (χ1) is 7.98. The van der Waals surface area contributed by atoms with Crippen LogP contribution in [0, 0.1) is 0 Å². The molecular weight excluding hydrogens is 298 g/mol. The van der Waals surface area contributed by atoms with E-state index in [2.05, 4.69) is 15.9 Å². The number of aliphatic hydroxyl groups excluding tert-OH is 1. The standard InChI is InChI=1S/C11H11BrF2O3/c12-11(13,14)10(15)7-2-3-8-9(6-7)17-5-1-4-16-8/h2-3,6,10,15H,1,4-5H2. The van der Waals surface area contributed by atoms with Crippen molar-refractivity contribution in [2.75, 3.05) is 13.2 Å². The second-order valence-electron chi connectivity index (χ2n) is 3.70. The predicted octanol–water partition coefficient (Wildman–Crippen LogP) is 2.87. The van der Waals surface area contributed by atoms with E-state index in [1.54, 1.807) is 0 Å². The van der Waals surface area contributed by atoms with Gasteiger partial charge in [-0.2, -0.15) is 8.78 Å². The molecule has 6 heteroatoms. The van der Waals surface area contributed by atoms with Crippen molar-refractivity contribution < 1.29 is 23.4 Å². The third kappa shape index (κ3) is 2.87. The molecule has 1 unspecified atom stereocenters. The lowest BCUT2D eigenvalue weighted by Crippen LogP contribution is -2.18. The lowest BCUT2D eigenvalue weighted by Gasteiger charge is -2.18. The molecule has 0 aliphatic carbocycles. The molecule has 1 atom stereocenters. The van der Waals surface area contributed by atoms with Gasteiger partial charge < -0.3 is 14.6 Å². The quantitative estimate of drug-likeness (QED) is 0.854. The van der Waals surface area contributed by atoms with Crippen LogP contribution in [0.4, 0.5) is 8.78 Å². The fraction of sp³-hybridized carbons (Fsp3) is 0.455. The van der Waals surface area contributed by atoms with Gasteiger partial charge in [0.15, 0.2) is 17.6 Å². The minimum absolute atomic E-state index is 0.0797. The zero-order valence-corrected chi connectivity index (χ0v) is 10.4. The Hall–Kier alpha value is -0.880. The van der Waals surface area contributed by atoms with Gasteiger partial charge >= 0.3 is 4.83 Å². The molecule has 1 aromatic rings. The fourth-order valence-corrected chi connectivity index (χ4v) is 1.80. The number of ether oxygens (including phenoxy) is 2. The molecular formula is C11H11BrF2O3. The Kier molecular flexibility index (Phi) is 3.53. The predicted molar refractivity (Wildman–Crippen MR) is 60.9 cm³/mol. The molecule has 1 N–H and O–H groups in total. The van der Waals surface area contributed by atoms with E-state index in [4.69, 9.17) is 9.47 Å². The lowest BCUT2D eigenvalue weighted by atomic mass is 10.1. The van der Waals surface area contributed by atoms with Crippen LogP contribution in [0.15, 0.2) is 18.2 Å². The Morgan fingerprint density at radius 1 is 1.24 bits per heavy atom. The molecule has 0 spiro atoms. The second-order valence-corrected chi connectivity index (χ2v) is 4.76. The van der Waals surface area contributed by atoms with Gasteiger partial charge in [-0.1, -0.05) is 6.07 Å². The van der Waals surface area contributed by atoms with Crippen molar-refractivity contribution >= 4 is 15.9 Å². The van der Waals surface area contributed by atoms with Crippen LogP contribution in [0.5, 0.6) is 11.5 Å². The first kappa shape index (κ1) is 12.6. The summed E-state index contributed by atoms with van der Waals surface area (Å²) in [5.74, 6) is 0.895. The molecule has 1 aliphatic rings. The van der Waals surface area contributed by atoms with E-state index in [1.807, 2.05) is 0 Å². The Labute approximate surface area is 105 Å². The van der Waals surface area contributed by atoms with Crippen molar-refractivity contribution in [3.05, 3.63) is 23.8 Å². The summed E-state index contributed by atoms with van der Waals surface area (Å²) < 4.78 is 36.5. The molecule has 0 saturated heterocycles. The van der Waals surface area contributed by atoms with Crippen molar-refractivity contribution in [2.24, 2.45) is 0 Å². The van der Waals surface area contributed by atoms with Gasteiger partial charge in [-0.3, -0.25) is 0 Å². The van der Waals surface area contributed by atoms with Gasteiger partial charge in [0.2, 0.25) is 0 Å². The minimum Gasteiger partial charge on any atom is -0.490 e. The van der Waals surface area contributed by atoms with Gasteiger partial charge in [0.05, 0.1) is 13.2 Å². The molecule has 0 aromatic heterocycles. The SMILES string of the molecule is OC(c1ccc2c(c1)OCCCO2)C(F)(F)Br. The van der Waals surface area contributed by atoms with Crippen LogP contribution < -0.4 is 9.47 Å². The van der Waals surface area contributed by atoms with Gasteiger partial charge in [-0.25, -0.2) is 0 Å². The van der Waals surface area contributed by atoms with Gasteiger partial charge in [-0.15, -0.1) is 0 Å². The molecule has 0 radical (unpaired) electrons. The zero-order chi connectivity index (χ0) is 12.5. The van der Waals surface area contributed by atoms with Crippen molar-refractivity contribution in [1.82, 2.24) is 0 Å². The van der Waals surface area contributed by atoms with Crippen molar-refractivity contribution in [3.8, 4) is 11.5 Å². The molecule has 0 bridgehead atoms. The molecule has 2 rings (SSSR count). The normalized spacial score (nSPS) is 17.4. The van der Waals surface area contributed by atoms with Crippen LogP contribution in [0.3, 0.4) is 0 Å². The van der Waals surface area contributed by atoms with Gasteiger partial charge in [0.25, 0.3) is 0 Å². The van der Waals surface area contributed by atoms with Crippen molar-refractivity contribution in [3.63, 3.8) is 0 Å². The second kappa shape index (κ2) is 4.78. The smallest absolute Gasteiger partial charge is 0.330 e. The first-order valence-corrected chi connectivity index (χ1v) is 5.92. The van der Waals surface area contributed by atoms with Crippen LogP contribution in [0.2, 0.25) is 0 Å². The maximum atomic E-state index is 12.9. The summed E-state index contributed by atoms with van der Waals surface area (Å²) in [6.45, 7) is 1.00. The van der Waals surface area contributed by atoms with Crippen LogP contribution in [0.25, 0.3) is 0 Å². The lowest BCUT2D eigenvalue weighted by molar-refractivity contribution is -0.0295. The number of fused-ring (bicyclic) bond motifs is 1. The van der Waals surface area contributed by atoms with E-state index in [9.17, 15) is 13.9 Å². The minimum atomic E-state index is -3.37. The summed E-state index contributed by atoms with van der Waals surface area (Å²) in [4.78, 5) is -3.37. The summed E-state index contributed by atoms with van der Waals surface area (Å²) in [5.41, 5.74) is 0.0797. The Morgan fingerprint density at radius 3 is 2.53 bits per heavy atom. The molecule has 1 aliphatic heterocycles. The molecule has 0 fully saturated rings. The highest BCUT2D eigenvalue weighted by atomic mass is 79.9. The van der Waals surface area contributed by atoms with Crippen LogP contribution in [-0.2, 0) is 0 Å². The largest absolute Gasteiger partial charge is 0.490 e. The number of rotatable bonds is 2. The average Bonchev–Trinajstić information content (AvgIpc) is 2.50. The molecule has 94 valence electrons. The van der Waals surface area contributed by atoms with Crippen molar-refractivity contribution in [2.45, 2.75) is 17.4 Å². The molecule has 0 saturated carbocycles. The molecule has 1 heterocycles. The third-order valence-electron chi connectivity index (χ3n) is 2.40. The van der Waals surface area contributed by atoms with E-state index < -0.39 is 10.9 Å². The number of benzene rings is 1. The van der Waals surface area contributed by atoms with E-state index in [0.29, 0.717) is 24.7 Å². The van der Waals surface area contributed by atoms with E-state index in [0.717, 1.165) is 6.42 Å². The van der Waals surface area contributed by atoms with Crippen LogP contribution in [0.1, 0.15) is 18.1 Å². The molecule has 0 amide bonds. The monoisotopic (exact) mass is 308 g/mol. The number of aliphatic hydroxyl groups is 1. The number of halogens is 3. The fourth-order valence-electron chi connectivity index (χ4n) is 1.54. The van der Waals surface area contributed by atoms with Gasteiger partial charge in [-0.05, 0) is 33.6 Å². The van der Waals surface area contributed by atoms with Gasteiger partial charge in [0.1, 0.15) is 0 Å². The topological polar surface area (TPSA) is 38.7 Å². The van der Waals surface area contributed by atoms with E-state index >= 15 is 0 Å². The maximum absolute atomic E-state index is 12.9. The average molecular weight is 309 g/mol. The highest BCUT2D eigenvalue weighted by molar-refractivity contribution is 9.10. The zero-order valence-electron chi connectivity index (χ0n) is 8.83. The van der Waals surface area contributed by atoms with Crippen molar-refractivity contribution in [1.29, 1.82) is 0 Å². The summed E-state index contributed by atoms with van der Waals surface area (Å²) >= 11 is 2.14. The molecule has 3 nitrogen and oxygen atoms in total. The summed E-state index contributed by atoms with van der Waals surface area (Å²) in [6.07, 6.45) is -1.18. The summed E-state index contributed by atoms with van der Waals surface area (Å²) in [5, 5.41) is 9.44. The van der Waals surface area contributed by atoms with E-state index in [-0.39, 0.29) is 5.56 Å². The van der Waals surface area contributed by atoms with Gasteiger partial charge in [0, 0.05) is 6.42 Å².